The number of benzene rings is 9. The van der Waals surface area contributed by atoms with Crippen LogP contribution in [0.5, 0.6) is 0 Å². The molecule has 2 aromatic heterocycles. The molecular weight excluding hydrogens is 683 g/mol. The molecule has 12 rings (SSSR count). The van der Waals surface area contributed by atoms with Crippen molar-refractivity contribution < 1.29 is 8.83 Å². The van der Waals surface area contributed by atoms with Gasteiger partial charge in [0.15, 0.2) is 0 Å². The van der Waals surface area contributed by atoms with Crippen LogP contribution in [0.1, 0.15) is 25.0 Å². The molecule has 9 aromatic carbocycles. The number of anilines is 3. The maximum atomic E-state index is 6.62. The van der Waals surface area contributed by atoms with E-state index < -0.39 is 0 Å². The second-order valence-corrected chi connectivity index (χ2v) is 15.7. The molecular formula is C53H35NO2. The van der Waals surface area contributed by atoms with E-state index in [9.17, 15) is 0 Å². The van der Waals surface area contributed by atoms with Gasteiger partial charge in [-0.1, -0.05) is 129 Å². The molecule has 3 heteroatoms. The molecule has 0 saturated heterocycles. The molecule has 264 valence electrons. The average molecular weight is 718 g/mol. The van der Waals surface area contributed by atoms with Crippen molar-refractivity contribution in [2.45, 2.75) is 19.3 Å². The molecule has 0 radical (unpaired) electrons. The Morgan fingerprint density at radius 3 is 1.86 bits per heavy atom. The van der Waals surface area contributed by atoms with Gasteiger partial charge in [-0.05, 0) is 110 Å². The van der Waals surface area contributed by atoms with Crippen molar-refractivity contribution in [2.75, 3.05) is 4.90 Å². The molecule has 56 heavy (non-hydrogen) atoms. The van der Waals surface area contributed by atoms with Gasteiger partial charge in [0.05, 0.1) is 0 Å². The largest absolute Gasteiger partial charge is 0.456 e. The first-order chi connectivity index (χ1) is 27.5. The maximum Gasteiger partial charge on any atom is 0.143 e. The number of nitrogens with zero attached hydrogens (tertiary/aromatic N) is 1. The lowest BCUT2D eigenvalue weighted by Crippen LogP contribution is -2.16. The summed E-state index contributed by atoms with van der Waals surface area (Å²) in [4.78, 5) is 2.39. The van der Waals surface area contributed by atoms with Gasteiger partial charge in [0, 0.05) is 49.4 Å². The van der Waals surface area contributed by atoms with E-state index in [-0.39, 0.29) is 5.41 Å². The second kappa shape index (κ2) is 11.5. The third-order valence-electron chi connectivity index (χ3n) is 12.3. The SMILES string of the molecule is CC1(C)c2ccccc2-c2ccc(N(c3ccc(-c4cccc5ccccc45)cc3)c3ccc4oc5ccc6oc7c8ccccc8ccc7c6c5c4c3)cc21. The van der Waals surface area contributed by atoms with Crippen LogP contribution in [0.25, 0.3) is 87.7 Å². The topological polar surface area (TPSA) is 29.5 Å². The van der Waals surface area contributed by atoms with Crippen LogP contribution >= 0.6 is 0 Å². The lowest BCUT2D eigenvalue weighted by molar-refractivity contribution is 0.660. The Morgan fingerprint density at radius 1 is 0.393 bits per heavy atom. The molecule has 0 N–H and O–H groups in total. The van der Waals surface area contributed by atoms with Crippen molar-refractivity contribution in [3.63, 3.8) is 0 Å². The van der Waals surface area contributed by atoms with Gasteiger partial charge in [0.25, 0.3) is 0 Å². The summed E-state index contributed by atoms with van der Waals surface area (Å²) >= 11 is 0. The lowest BCUT2D eigenvalue weighted by Gasteiger charge is -2.28. The lowest BCUT2D eigenvalue weighted by atomic mass is 9.82. The molecule has 0 amide bonds. The van der Waals surface area contributed by atoms with Crippen molar-refractivity contribution in [3.8, 4) is 22.3 Å². The Morgan fingerprint density at radius 2 is 1.00 bits per heavy atom. The first kappa shape index (κ1) is 31.3. The van der Waals surface area contributed by atoms with Gasteiger partial charge in [0.2, 0.25) is 0 Å². The Hall–Kier alpha value is -7.10. The van der Waals surface area contributed by atoms with E-state index in [1.807, 2.05) is 12.1 Å². The summed E-state index contributed by atoms with van der Waals surface area (Å²) in [6.07, 6.45) is 0. The van der Waals surface area contributed by atoms with E-state index in [0.717, 1.165) is 71.7 Å². The first-order valence-corrected chi connectivity index (χ1v) is 19.3. The maximum absolute atomic E-state index is 6.62. The summed E-state index contributed by atoms with van der Waals surface area (Å²) in [6.45, 7) is 4.69. The minimum atomic E-state index is -0.130. The molecule has 0 spiro atoms. The fourth-order valence-corrected chi connectivity index (χ4v) is 9.53. The van der Waals surface area contributed by atoms with Crippen LogP contribution in [-0.2, 0) is 5.41 Å². The van der Waals surface area contributed by atoms with Crippen LogP contribution in [0, 0.1) is 0 Å². The molecule has 1 aliphatic rings. The Labute approximate surface area is 323 Å². The Balaban J connectivity index is 1.08. The fourth-order valence-electron chi connectivity index (χ4n) is 9.53. The third kappa shape index (κ3) is 4.40. The Bertz CT molecular complexity index is 3390. The predicted molar refractivity (Wildman–Crippen MR) is 234 cm³/mol. The molecule has 0 fully saturated rings. The minimum absolute atomic E-state index is 0.130. The van der Waals surface area contributed by atoms with Gasteiger partial charge in [0.1, 0.15) is 22.3 Å². The highest BCUT2D eigenvalue weighted by Gasteiger charge is 2.35. The molecule has 0 bridgehead atoms. The smallest absolute Gasteiger partial charge is 0.143 e. The zero-order valence-corrected chi connectivity index (χ0v) is 31.0. The van der Waals surface area contributed by atoms with Gasteiger partial charge in [-0.3, -0.25) is 0 Å². The quantitative estimate of drug-likeness (QED) is 0.182. The normalized spacial score (nSPS) is 13.3. The molecule has 0 aliphatic heterocycles. The molecule has 0 unspecified atom stereocenters. The van der Waals surface area contributed by atoms with Crippen LogP contribution in [0.2, 0.25) is 0 Å². The van der Waals surface area contributed by atoms with Crippen LogP contribution < -0.4 is 4.90 Å². The van der Waals surface area contributed by atoms with Crippen molar-refractivity contribution in [1.82, 2.24) is 0 Å². The van der Waals surface area contributed by atoms with Gasteiger partial charge >= 0.3 is 0 Å². The summed E-state index contributed by atoms with van der Waals surface area (Å²) in [5.74, 6) is 0. The molecule has 3 nitrogen and oxygen atoms in total. The number of hydrogen-bond acceptors (Lipinski definition) is 3. The summed E-state index contributed by atoms with van der Waals surface area (Å²) in [5, 5.41) is 9.09. The average Bonchev–Trinajstić information content (AvgIpc) is 3.88. The summed E-state index contributed by atoms with van der Waals surface area (Å²) in [5.41, 5.74) is 14.3. The molecule has 1 aliphatic carbocycles. The number of hydrogen-bond donors (Lipinski definition) is 0. The van der Waals surface area contributed by atoms with E-state index in [2.05, 4.69) is 183 Å². The monoisotopic (exact) mass is 717 g/mol. The predicted octanol–water partition coefficient (Wildman–Crippen LogP) is 15.2. The summed E-state index contributed by atoms with van der Waals surface area (Å²) < 4.78 is 13.2. The molecule has 0 atom stereocenters. The van der Waals surface area contributed by atoms with E-state index in [1.54, 1.807) is 0 Å². The van der Waals surface area contributed by atoms with Gasteiger partial charge in [-0.15, -0.1) is 0 Å². The number of furan rings is 2. The highest BCUT2D eigenvalue weighted by Crippen LogP contribution is 2.51. The highest BCUT2D eigenvalue weighted by molar-refractivity contribution is 6.28. The standard InChI is InChI=1S/C53H35NO2/c1-53(2)45-17-8-7-15-41(45)42-26-23-37(31-46(42)53)54(35-21-18-34(19-22-35)39-16-9-12-32-10-3-5-13-38(32)39)36-24-27-47-44(30-36)51-48(55-47)28-29-49-50(51)43-25-20-33-11-4-6-14-40(33)52(43)56-49/h3-31H,1-2H3. The zero-order chi connectivity index (χ0) is 37.1. The first-order valence-electron chi connectivity index (χ1n) is 19.3. The van der Waals surface area contributed by atoms with Crippen molar-refractivity contribution >= 4 is 82.5 Å². The van der Waals surface area contributed by atoms with Crippen molar-refractivity contribution in [3.05, 3.63) is 187 Å². The van der Waals surface area contributed by atoms with Gasteiger partial charge < -0.3 is 13.7 Å². The molecule has 11 aromatic rings. The zero-order valence-electron chi connectivity index (χ0n) is 31.0. The number of rotatable bonds is 4. The second-order valence-electron chi connectivity index (χ2n) is 15.7. The Kier molecular flexibility index (Phi) is 6.40. The van der Waals surface area contributed by atoms with E-state index in [1.165, 1.54) is 44.2 Å². The highest BCUT2D eigenvalue weighted by atomic mass is 16.3. The van der Waals surface area contributed by atoms with E-state index in [0.29, 0.717) is 0 Å². The van der Waals surface area contributed by atoms with Crippen LogP contribution in [0.4, 0.5) is 17.1 Å². The molecule has 0 saturated carbocycles. The summed E-state index contributed by atoms with van der Waals surface area (Å²) in [6, 6.07) is 63.5. The van der Waals surface area contributed by atoms with Crippen molar-refractivity contribution in [1.29, 1.82) is 0 Å². The summed E-state index contributed by atoms with van der Waals surface area (Å²) in [7, 11) is 0. The van der Waals surface area contributed by atoms with Crippen LogP contribution in [0.15, 0.2) is 185 Å². The fraction of sp³-hybridized carbons (Fsp3) is 0.0566. The third-order valence-corrected chi connectivity index (χ3v) is 12.3. The number of fused-ring (bicyclic) bond motifs is 13. The van der Waals surface area contributed by atoms with Crippen LogP contribution in [0.3, 0.4) is 0 Å². The van der Waals surface area contributed by atoms with E-state index in [4.69, 9.17) is 8.83 Å². The minimum Gasteiger partial charge on any atom is -0.456 e. The van der Waals surface area contributed by atoms with Gasteiger partial charge in [-0.25, -0.2) is 0 Å². The molecule has 2 heterocycles. The van der Waals surface area contributed by atoms with E-state index >= 15 is 0 Å². The van der Waals surface area contributed by atoms with Crippen molar-refractivity contribution in [2.24, 2.45) is 0 Å². The van der Waals surface area contributed by atoms with Crippen LogP contribution in [-0.4, -0.2) is 0 Å². The van der Waals surface area contributed by atoms with Gasteiger partial charge in [-0.2, -0.15) is 0 Å².